The SMILES string of the molecule is CC(C)(C)NC(=O)c1cc(-c2cccs2)nn1-c1ccc(F)cc1. The van der Waals surface area contributed by atoms with Gasteiger partial charge in [-0.05, 0) is 62.5 Å². The molecular formula is C18H18FN3OS. The average Bonchev–Trinajstić information content (AvgIpc) is 3.15. The Balaban J connectivity index is 2.08. The van der Waals surface area contributed by atoms with E-state index in [1.165, 1.54) is 12.1 Å². The van der Waals surface area contributed by atoms with Crippen LogP contribution < -0.4 is 5.32 Å². The average molecular weight is 343 g/mol. The van der Waals surface area contributed by atoms with Gasteiger partial charge in [-0.1, -0.05) is 6.07 Å². The van der Waals surface area contributed by atoms with E-state index in [2.05, 4.69) is 10.4 Å². The Hall–Kier alpha value is -2.47. The molecule has 3 rings (SSSR count). The molecule has 1 amide bonds. The fourth-order valence-electron chi connectivity index (χ4n) is 2.27. The summed E-state index contributed by atoms with van der Waals surface area (Å²) in [5, 5.41) is 9.45. The van der Waals surface area contributed by atoms with Crippen LogP contribution in [0.3, 0.4) is 0 Å². The molecule has 0 saturated heterocycles. The van der Waals surface area contributed by atoms with Crippen LogP contribution in [0.4, 0.5) is 4.39 Å². The molecule has 1 N–H and O–H groups in total. The summed E-state index contributed by atoms with van der Waals surface area (Å²) in [4.78, 5) is 13.6. The molecule has 0 atom stereocenters. The van der Waals surface area contributed by atoms with Gasteiger partial charge in [0.2, 0.25) is 0 Å². The number of amides is 1. The lowest BCUT2D eigenvalue weighted by Crippen LogP contribution is -2.41. The van der Waals surface area contributed by atoms with Gasteiger partial charge in [0.25, 0.3) is 5.91 Å². The highest BCUT2D eigenvalue weighted by molar-refractivity contribution is 7.13. The molecule has 0 aliphatic rings. The number of halogens is 1. The number of hydrogen-bond acceptors (Lipinski definition) is 3. The zero-order valence-corrected chi connectivity index (χ0v) is 14.5. The molecule has 2 heterocycles. The van der Waals surface area contributed by atoms with Gasteiger partial charge in [-0.2, -0.15) is 5.10 Å². The van der Waals surface area contributed by atoms with Gasteiger partial charge in [0.15, 0.2) is 0 Å². The number of rotatable bonds is 3. The smallest absolute Gasteiger partial charge is 0.270 e. The van der Waals surface area contributed by atoms with Gasteiger partial charge in [0.05, 0.1) is 10.6 Å². The van der Waals surface area contributed by atoms with Crippen molar-refractivity contribution in [3.63, 3.8) is 0 Å². The van der Waals surface area contributed by atoms with Gasteiger partial charge in [-0.25, -0.2) is 9.07 Å². The van der Waals surface area contributed by atoms with Crippen molar-refractivity contribution in [3.05, 3.63) is 59.4 Å². The number of hydrogen-bond donors (Lipinski definition) is 1. The Labute approximate surface area is 143 Å². The molecule has 0 spiro atoms. The summed E-state index contributed by atoms with van der Waals surface area (Å²) < 4.78 is 14.8. The van der Waals surface area contributed by atoms with E-state index in [0.717, 1.165) is 4.88 Å². The maximum atomic E-state index is 13.2. The third-order valence-corrected chi connectivity index (χ3v) is 4.17. The fraction of sp³-hybridized carbons (Fsp3) is 0.222. The van der Waals surface area contributed by atoms with Crippen molar-refractivity contribution in [3.8, 4) is 16.3 Å². The first-order valence-electron chi connectivity index (χ1n) is 7.56. The minimum atomic E-state index is -0.363. The third kappa shape index (κ3) is 3.54. The molecule has 24 heavy (non-hydrogen) atoms. The highest BCUT2D eigenvalue weighted by Crippen LogP contribution is 2.26. The molecule has 3 aromatic rings. The molecule has 2 aromatic heterocycles. The van der Waals surface area contributed by atoms with E-state index >= 15 is 0 Å². The van der Waals surface area contributed by atoms with Crippen LogP contribution in [0.2, 0.25) is 0 Å². The maximum Gasteiger partial charge on any atom is 0.270 e. The lowest BCUT2D eigenvalue weighted by molar-refractivity contribution is 0.0911. The predicted molar refractivity (Wildman–Crippen MR) is 94.1 cm³/mol. The van der Waals surface area contributed by atoms with Crippen molar-refractivity contribution in [1.29, 1.82) is 0 Å². The van der Waals surface area contributed by atoms with Gasteiger partial charge in [-0.3, -0.25) is 4.79 Å². The van der Waals surface area contributed by atoms with Gasteiger partial charge in [0, 0.05) is 5.54 Å². The second-order valence-corrected chi connectivity index (χ2v) is 7.43. The normalized spacial score (nSPS) is 11.5. The Morgan fingerprint density at radius 2 is 1.92 bits per heavy atom. The molecule has 0 bridgehead atoms. The number of aromatic nitrogens is 2. The molecule has 0 aliphatic heterocycles. The maximum absolute atomic E-state index is 13.2. The topological polar surface area (TPSA) is 46.9 Å². The van der Waals surface area contributed by atoms with Crippen LogP contribution in [-0.2, 0) is 0 Å². The number of nitrogens with zero attached hydrogens (tertiary/aromatic N) is 2. The third-order valence-electron chi connectivity index (χ3n) is 3.28. The van der Waals surface area contributed by atoms with Crippen molar-refractivity contribution in [1.82, 2.24) is 15.1 Å². The summed E-state index contributed by atoms with van der Waals surface area (Å²) in [5.41, 5.74) is 1.41. The van der Waals surface area contributed by atoms with E-state index in [9.17, 15) is 9.18 Å². The second kappa shape index (κ2) is 6.20. The second-order valence-electron chi connectivity index (χ2n) is 6.48. The monoisotopic (exact) mass is 343 g/mol. The lowest BCUT2D eigenvalue weighted by Gasteiger charge is -2.20. The van der Waals surface area contributed by atoms with Crippen molar-refractivity contribution in [2.45, 2.75) is 26.3 Å². The molecule has 6 heteroatoms. The summed E-state index contributed by atoms with van der Waals surface area (Å²) in [6.45, 7) is 5.76. The highest BCUT2D eigenvalue weighted by Gasteiger charge is 2.22. The van der Waals surface area contributed by atoms with Crippen LogP contribution in [0.5, 0.6) is 0 Å². The van der Waals surface area contributed by atoms with E-state index in [1.807, 2.05) is 38.3 Å². The minimum Gasteiger partial charge on any atom is -0.346 e. The van der Waals surface area contributed by atoms with Gasteiger partial charge >= 0.3 is 0 Å². The van der Waals surface area contributed by atoms with E-state index in [0.29, 0.717) is 17.1 Å². The standard InChI is InChI=1S/C18H18FN3OS/c1-18(2,3)20-17(23)15-11-14(16-5-4-10-24-16)21-22(15)13-8-6-12(19)7-9-13/h4-11H,1-3H3,(H,20,23). The van der Waals surface area contributed by atoms with Crippen LogP contribution in [0, 0.1) is 5.82 Å². The fourth-order valence-corrected chi connectivity index (χ4v) is 2.95. The van der Waals surface area contributed by atoms with Crippen LogP contribution in [0.1, 0.15) is 31.3 Å². The molecule has 124 valence electrons. The van der Waals surface area contributed by atoms with Crippen LogP contribution >= 0.6 is 11.3 Å². The molecule has 0 unspecified atom stereocenters. The summed E-state index contributed by atoms with van der Waals surface area (Å²) in [6.07, 6.45) is 0. The molecule has 0 fully saturated rings. The summed E-state index contributed by atoms with van der Waals surface area (Å²) in [7, 11) is 0. The first-order chi connectivity index (χ1) is 11.3. The Bertz CT molecular complexity index is 846. The van der Waals surface area contributed by atoms with Crippen molar-refractivity contribution in [2.75, 3.05) is 0 Å². The quantitative estimate of drug-likeness (QED) is 0.772. The molecular weight excluding hydrogens is 325 g/mol. The first kappa shape index (κ1) is 16.4. The number of benzene rings is 1. The van der Waals surface area contributed by atoms with Crippen molar-refractivity contribution < 1.29 is 9.18 Å². The van der Waals surface area contributed by atoms with Crippen molar-refractivity contribution >= 4 is 17.2 Å². The summed E-state index contributed by atoms with van der Waals surface area (Å²) in [6, 6.07) is 11.6. The molecule has 4 nitrogen and oxygen atoms in total. The Kier molecular flexibility index (Phi) is 4.24. The van der Waals surface area contributed by atoms with Gasteiger partial charge < -0.3 is 5.32 Å². The van der Waals surface area contributed by atoms with E-state index in [-0.39, 0.29) is 17.3 Å². The molecule has 0 aliphatic carbocycles. The molecule has 0 radical (unpaired) electrons. The zero-order valence-electron chi connectivity index (χ0n) is 13.7. The summed E-state index contributed by atoms with van der Waals surface area (Å²) >= 11 is 1.55. The largest absolute Gasteiger partial charge is 0.346 e. The summed E-state index contributed by atoms with van der Waals surface area (Å²) in [5.74, 6) is -0.549. The number of nitrogens with one attached hydrogen (secondary N) is 1. The van der Waals surface area contributed by atoms with Crippen LogP contribution in [0.25, 0.3) is 16.3 Å². The van der Waals surface area contributed by atoms with Crippen molar-refractivity contribution in [2.24, 2.45) is 0 Å². The van der Waals surface area contributed by atoms with Gasteiger partial charge in [0.1, 0.15) is 17.2 Å². The first-order valence-corrected chi connectivity index (χ1v) is 8.44. The number of thiophene rings is 1. The Morgan fingerprint density at radius 1 is 1.21 bits per heavy atom. The molecule has 1 aromatic carbocycles. The number of carbonyl (C=O) groups excluding carboxylic acids is 1. The van der Waals surface area contributed by atoms with Crippen LogP contribution in [-0.4, -0.2) is 21.2 Å². The minimum absolute atomic E-state index is 0.220. The van der Waals surface area contributed by atoms with E-state index in [1.54, 1.807) is 34.2 Å². The lowest BCUT2D eigenvalue weighted by atomic mass is 10.1. The zero-order chi connectivity index (χ0) is 17.3. The van der Waals surface area contributed by atoms with Crippen LogP contribution in [0.15, 0.2) is 47.8 Å². The molecule has 0 saturated carbocycles. The van der Waals surface area contributed by atoms with Gasteiger partial charge in [-0.15, -0.1) is 11.3 Å². The number of carbonyl (C=O) groups is 1. The van der Waals surface area contributed by atoms with E-state index in [4.69, 9.17) is 0 Å². The Morgan fingerprint density at radius 3 is 2.50 bits per heavy atom. The highest BCUT2D eigenvalue weighted by atomic mass is 32.1. The predicted octanol–water partition coefficient (Wildman–Crippen LogP) is 4.27. The van der Waals surface area contributed by atoms with E-state index < -0.39 is 0 Å².